The van der Waals surface area contributed by atoms with Gasteiger partial charge in [0.1, 0.15) is 24.4 Å². The highest BCUT2D eigenvalue weighted by atomic mass is 28.4. The number of methoxy groups -OCH3 is 1. The lowest BCUT2D eigenvalue weighted by molar-refractivity contribution is -0.165. The van der Waals surface area contributed by atoms with Crippen LogP contribution >= 0.6 is 0 Å². The molecule has 43 heavy (non-hydrogen) atoms. The van der Waals surface area contributed by atoms with Crippen molar-refractivity contribution in [3.63, 3.8) is 0 Å². The molecule has 3 aromatic carbocycles. The second-order valence-electron chi connectivity index (χ2n) is 12.5. The van der Waals surface area contributed by atoms with Gasteiger partial charge < -0.3 is 28.1 Å². The molecule has 0 aliphatic carbocycles. The third-order valence-electron chi connectivity index (χ3n) is 8.27. The molecule has 0 radical (unpaired) electrons. The van der Waals surface area contributed by atoms with Crippen molar-refractivity contribution in [2.75, 3.05) is 13.7 Å². The number of hydrogen-bond donors (Lipinski definition) is 0. The zero-order chi connectivity index (χ0) is 30.9. The van der Waals surface area contributed by atoms with Crippen LogP contribution in [0.15, 0.2) is 91.0 Å². The molecule has 0 aromatic heterocycles. The van der Waals surface area contributed by atoms with Crippen LogP contribution in [0, 0.1) is 0 Å². The van der Waals surface area contributed by atoms with Gasteiger partial charge in [-0.15, -0.1) is 0 Å². The number of epoxide rings is 1. The van der Waals surface area contributed by atoms with Gasteiger partial charge in [0.15, 0.2) is 14.4 Å². The molecular formula is C35H46O7Si. The summed E-state index contributed by atoms with van der Waals surface area (Å²) in [5, 5.41) is 0.0101. The summed E-state index contributed by atoms with van der Waals surface area (Å²) < 4.78 is 37.6. The Morgan fingerprint density at radius 2 is 1.23 bits per heavy atom. The van der Waals surface area contributed by atoms with Gasteiger partial charge in [-0.2, -0.15) is 0 Å². The molecule has 0 N–H and O–H groups in total. The summed E-state index contributed by atoms with van der Waals surface area (Å²) in [5.74, 6) is -0.431. The fraction of sp³-hybridized carbons (Fsp3) is 0.457. The van der Waals surface area contributed by atoms with Gasteiger partial charge in [0.05, 0.1) is 33.5 Å². The quantitative estimate of drug-likeness (QED) is 0.102. The first kappa shape index (κ1) is 33.0. The maximum absolute atomic E-state index is 12.5. The van der Waals surface area contributed by atoms with E-state index in [4.69, 9.17) is 28.1 Å². The SMILES string of the molecule is COC(=O)[C@@H]1O[C@@H]1[C@H](OCc1ccccc1)[C@@H](OCc1ccccc1)[C@@H](CO[Si](C)(C)C(C)(C)C)OCc1ccccc1. The van der Waals surface area contributed by atoms with Crippen molar-refractivity contribution in [1.29, 1.82) is 0 Å². The van der Waals surface area contributed by atoms with E-state index in [2.05, 4.69) is 33.9 Å². The Labute approximate surface area is 257 Å². The monoisotopic (exact) mass is 606 g/mol. The number of ether oxygens (including phenoxy) is 5. The number of esters is 1. The molecule has 1 aliphatic heterocycles. The minimum Gasteiger partial charge on any atom is -0.467 e. The van der Waals surface area contributed by atoms with Crippen LogP contribution in [-0.2, 0) is 52.7 Å². The largest absolute Gasteiger partial charge is 0.467 e. The summed E-state index contributed by atoms with van der Waals surface area (Å²) in [5.41, 5.74) is 3.06. The normalized spacial score (nSPS) is 18.9. The van der Waals surface area contributed by atoms with E-state index in [-0.39, 0.29) is 5.04 Å². The van der Waals surface area contributed by atoms with Crippen molar-refractivity contribution in [2.24, 2.45) is 0 Å². The maximum Gasteiger partial charge on any atom is 0.337 e. The summed E-state index contributed by atoms with van der Waals surface area (Å²) in [7, 11) is -0.781. The highest BCUT2D eigenvalue weighted by Gasteiger charge is 2.56. The highest BCUT2D eigenvalue weighted by molar-refractivity contribution is 6.74. The molecule has 1 saturated heterocycles. The van der Waals surface area contributed by atoms with Crippen LogP contribution < -0.4 is 0 Å². The molecule has 0 spiro atoms. The number of rotatable bonds is 16. The van der Waals surface area contributed by atoms with Crippen LogP contribution in [0.2, 0.25) is 18.1 Å². The van der Waals surface area contributed by atoms with E-state index in [1.54, 1.807) is 0 Å². The number of carbonyl (C=O) groups is 1. The zero-order valence-corrected chi connectivity index (χ0v) is 27.2. The highest BCUT2D eigenvalue weighted by Crippen LogP contribution is 2.38. The Morgan fingerprint density at radius 3 is 1.70 bits per heavy atom. The standard InChI is InChI=1S/C35H46O7Si/c1-35(2,3)43(5,6)41-25-29(38-22-26-16-10-7-11-17-26)30(39-23-27-18-12-8-13-19-27)31(32-33(42-32)34(36)37-4)40-24-28-20-14-9-15-21-28/h7-21,29-33H,22-25H2,1-6H3/t29-,30+,31-,32-,33-/m1/s1. The van der Waals surface area contributed by atoms with E-state index in [1.807, 2.05) is 91.0 Å². The Hall–Kier alpha value is -2.85. The molecule has 0 saturated carbocycles. The van der Waals surface area contributed by atoms with E-state index in [0.29, 0.717) is 26.4 Å². The molecule has 1 heterocycles. The minimum absolute atomic E-state index is 0.0101. The first-order valence-electron chi connectivity index (χ1n) is 14.9. The Bertz CT molecular complexity index is 1250. The smallest absolute Gasteiger partial charge is 0.337 e. The van der Waals surface area contributed by atoms with Crippen molar-refractivity contribution in [1.82, 2.24) is 0 Å². The summed E-state index contributed by atoms with van der Waals surface area (Å²) >= 11 is 0. The first-order chi connectivity index (χ1) is 20.6. The number of carbonyl (C=O) groups excluding carboxylic acids is 1. The topological polar surface area (TPSA) is 75.8 Å². The van der Waals surface area contributed by atoms with Gasteiger partial charge in [-0.05, 0) is 34.8 Å². The van der Waals surface area contributed by atoms with Crippen molar-refractivity contribution < 1.29 is 32.9 Å². The predicted octanol–water partition coefficient (Wildman–Crippen LogP) is 6.70. The van der Waals surface area contributed by atoms with E-state index in [9.17, 15) is 4.79 Å². The molecule has 3 aromatic rings. The van der Waals surface area contributed by atoms with Crippen molar-refractivity contribution in [3.05, 3.63) is 108 Å². The van der Waals surface area contributed by atoms with Crippen LogP contribution in [-0.4, -0.2) is 58.5 Å². The van der Waals surface area contributed by atoms with Crippen LogP contribution in [0.3, 0.4) is 0 Å². The third-order valence-corrected chi connectivity index (χ3v) is 12.8. The van der Waals surface area contributed by atoms with E-state index in [0.717, 1.165) is 16.7 Å². The molecule has 1 fully saturated rings. The molecule has 4 rings (SSSR count). The maximum atomic E-state index is 12.5. The third kappa shape index (κ3) is 9.57. The van der Waals surface area contributed by atoms with Gasteiger partial charge >= 0.3 is 5.97 Å². The lowest BCUT2D eigenvalue weighted by atomic mass is 10.0. The molecule has 1 aliphatic rings. The molecule has 0 bridgehead atoms. The van der Waals surface area contributed by atoms with Crippen LogP contribution in [0.1, 0.15) is 37.5 Å². The Balaban J connectivity index is 1.67. The fourth-order valence-corrected chi connectivity index (χ4v) is 5.54. The average Bonchev–Trinajstić information content (AvgIpc) is 3.80. The van der Waals surface area contributed by atoms with E-state index in [1.165, 1.54) is 7.11 Å². The van der Waals surface area contributed by atoms with Gasteiger partial charge in [-0.25, -0.2) is 4.79 Å². The number of hydrogen-bond acceptors (Lipinski definition) is 7. The minimum atomic E-state index is -2.15. The van der Waals surface area contributed by atoms with Crippen molar-refractivity contribution >= 4 is 14.3 Å². The second kappa shape index (κ2) is 15.2. The number of benzene rings is 3. The first-order valence-corrected chi connectivity index (χ1v) is 17.8. The van der Waals surface area contributed by atoms with Crippen LogP contribution in [0.25, 0.3) is 0 Å². The van der Waals surface area contributed by atoms with Gasteiger partial charge in [-0.1, -0.05) is 112 Å². The summed E-state index contributed by atoms with van der Waals surface area (Å²) in [6.45, 7) is 12.4. The summed E-state index contributed by atoms with van der Waals surface area (Å²) in [6.07, 6.45) is -3.03. The zero-order valence-electron chi connectivity index (χ0n) is 26.2. The average molecular weight is 607 g/mol. The molecule has 7 nitrogen and oxygen atoms in total. The molecular weight excluding hydrogens is 560 g/mol. The predicted molar refractivity (Wildman–Crippen MR) is 169 cm³/mol. The lowest BCUT2D eigenvalue weighted by Crippen LogP contribution is -2.51. The van der Waals surface area contributed by atoms with E-state index < -0.39 is 44.8 Å². The van der Waals surface area contributed by atoms with Crippen molar-refractivity contribution in [3.8, 4) is 0 Å². The Kier molecular flexibility index (Phi) is 11.7. The molecule has 8 heteroatoms. The molecule has 5 atom stereocenters. The second-order valence-corrected chi connectivity index (χ2v) is 17.3. The van der Waals surface area contributed by atoms with Crippen LogP contribution in [0.5, 0.6) is 0 Å². The van der Waals surface area contributed by atoms with E-state index >= 15 is 0 Å². The molecule has 0 unspecified atom stereocenters. The van der Waals surface area contributed by atoms with Gasteiger partial charge in [0, 0.05) is 0 Å². The van der Waals surface area contributed by atoms with Crippen LogP contribution in [0.4, 0.5) is 0 Å². The molecule has 0 amide bonds. The lowest BCUT2D eigenvalue weighted by Gasteiger charge is -2.39. The van der Waals surface area contributed by atoms with Gasteiger partial charge in [0.25, 0.3) is 0 Å². The van der Waals surface area contributed by atoms with Gasteiger partial charge in [-0.3, -0.25) is 0 Å². The molecule has 232 valence electrons. The summed E-state index contributed by atoms with van der Waals surface area (Å²) in [6, 6.07) is 30.0. The Morgan fingerprint density at radius 1 is 0.767 bits per heavy atom. The fourth-order valence-electron chi connectivity index (χ4n) is 4.53. The summed E-state index contributed by atoms with van der Waals surface area (Å²) in [4.78, 5) is 12.5. The van der Waals surface area contributed by atoms with Crippen molar-refractivity contribution in [2.45, 2.75) is 89.2 Å². The van der Waals surface area contributed by atoms with Gasteiger partial charge in [0.2, 0.25) is 0 Å².